The van der Waals surface area contributed by atoms with Crippen molar-refractivity contribution in [2.75, 3.05) is 6.54 Å². The maximum absolute atomic E-state index is 13.3. The van der Waals surface area contributed by atoms with Crippen LogP contribution in [0, 0.1) is 12.7 Å². The Morgan fingerprint density at radius 3 is 2.57 bits per heavy atom. The number of benzene rings is 2. The first kappa shape index (κ1) is 15.7. The van der Waals surface area contributed by atoms with E-state index >= 15 is 0 Å². The van der Waals surface area contributed by atoms with E-state index in [0.29, 0.717) is 23.1 Å². The first-order chi connectivity index (χ1) is 10.0. The smallest absolute Gasteiger partial charge is 0.254 e. The number of rotatable bonds is 4. The van der Waals surface area contributed by atoms with Crippen molar-refractivity contribution in [3.63, 3.8) is 0 Å². The van der Waals surface area contributed by atoms with E-state index in [1.807, 2.05) is 38.1 Å². The Labute approximate surface area is 132 Å². The van der Waals surface area contributed by atoms with E-state index in [0.717, 1.165) is 11.1 Å². The molecule has 0 aliphatic heterocycles. The molecule has 0 unspecified atom stereocenters. The molecule has 0 spiro atoms. The molecule has 2 aromatic rings. The molecular weight excluding hydrogens is 333 g/mol. The van der Waals surface area contributed by atoms with Gasteiger partial charge in [-0.15, -0.1) is 0 Å². The summed E-state index contributed by atoms with van der Waals surface area (Å²) in [4.78, 5) is 14.3. The average molecular weight is 350 g/mol. The Kier molecular flexibility index (Phi) is 5.12. The van der Waals surface area contributed by atoms with Crippen LogP contribution in [0.5, 0.6) is 0 Å². The number of amides is 1. The number of nitrogens with zero attached hydrogens (tertiary/aromatic N) is 1. The quantitative estimate of drug-likeness (QED) is 0.792. The first-order valence-electron chi connectivity index (χ1n) is 6.81. The molecule has 0 bridgehead atoms. The highest BCUT2D eigenvalue weighted by Crippen LogP contribution is 2.19. The molecule has 0 radical (unpaired) electrons. The third kappa shape index (κ3) is 3.70. The van der Waals surface area contributed by atoms with Crippen LogP contribution >= 0.6 is 15.9 Å². The predicted octanol–water partition coefficient (Wildman–Crippen LogP) is 4.56. The highest BCUT2D eigenvalue weighted by Gasteiger charge is 2.16. The lowest BCUT2D eigenvalue weighted by molar-refractivity contribution is 0.0752. The lowest BCUT2D eigenvalue weighted by Gasteiger charge is -2.22. The molecule has 0 saturated heterocycles. The summed E-state index contributed by atoms with van der Waals surface area (Å²) in [5.74, 6) is -0.463. The number of halogens is 2. The maximum Gasteiger partial charge on any atom is 0.254 e. The van der Waals surface area contributed by atoms with Gasteiger partial charge in [0.05, 0.1) is 4.47 Å². The zero-order valence-electron chi connectivity index (χ0n) is 12.1. The largest absolute Gasteiger partial charge is 0.335 e. The lowest BCUT2D eigenvalue weighted by atomic mass is 10.1. The van der Waals surface area contributed by atoms with E-state index < -0.39 is 0 Å². The van der Waals surface area contributed by atoms with E-state index in [9.17, 15) is 9.18 Å². The molecule has 0 heterocycles. The normalized spacial score (nSPS) is 10.5. The van der Waals surface area contributed by atoms with Gasteiger partial charge in [0, 0.05) is 18.7 Å². The molecule has 110 valence electrons. The minimum absolute atomic E-state index is 0.0959. The van der Waals surface area contributed by atoms with Gasteiger partial charge in [0.2, 0.25) is 0 Å². The summed E-state index contributed by atoms with van der Waals surface area (Å²) in [6, 6.07) is 12.3. The third-order valence-corrected chi connectivity index (χ3v) is 4.07. The van der Waals surface area contributed by atoms with E-state index in [-0.39, 0.29) is 11.7 Å². The van der Waals surface area contributed by atoms with Gasteiger partial charge in [-0.25, -0.2) is 4.39 Å². The second kappa shape index (κ2) is 6.85. The zero-order valence-corrected chi connectivity index (χ0v) is 13.7. The first-order valence-corrected chi connectivity index (χ1v) is 7.61. The Hall–Kier alpha value is -1.68. The second-order valence-electron chi connectivity index (χ2n) is 4.87. The van der Waals surface area contributed by atoms with Gasteiger partial charge in [-0.3, -0.25) is 4.79 Å². The Balaban J connectivity index is 2.22. The molecule has 0 aliphatic rings. The van der Waals surface area contributed by atoms with E-state index in [1.54, 1.807) is 4.90 Å². The van der Waals surface area contributed by atoms with Crippen LogP contribution in [-0.4, -0.2) is 17.4 Å². The van der Waals surface area contributed by atoms with Crippen molar-refractivity contribution in [1.29, 1.82) is 0 Å². The number of carbonyl (C=O) groups excluding carboxylic acids is 1. The molecule has 4 heteroatoms. The number of hydrogen-bond donors (Lipinski definition) is 0. The van der Waals surface area contributed by atoms with Crippen LogP contribution in [-0.2, 0) is 6.54 Å². The summed E-state index contributed by atoms with van der Waals surface area (Å²) in [7, 11) is 0. The second-order valence-corrected chi connectivity index (χ2v) is 5.73. The summed E-state index contributed by atoms with van der Waals surface area (Å²) in [5, 5.41) is 0. The van der Waals surface area contributed by atoms with Gasteiger partial charge in [0.15, 0.2) is 0 Å². The van der Waals surface area contributed by atoms with Gasteiger partial charge in [0.25, 0.3) is 5.91 Å². The van der Waals surface area contributed by atoms with Crippen LogP contribution in [0.1, 0.15) is 28.4 Å². The third-order valence-electron chi connectivity index (χ3n) is 3.46. The van der Waals surface area contributed by atoms with Crippen molar-refractivity contribution in [3.8, 4) is 0 Å². The van der Waals surface area contributed by atoms with Crippen molar-refractivity contribution in [2.45, 2.75) is 20.4 Å². The standard InChI is InChI=1S/C17H17BrFNO/c1-3-20(11-14-7-5-4-6-12(14)2)17(21)13-8-9-16(19)15(18)10-13/h4-10H,3,11H2,1-2H3. The fourth-order valence-corrected chi connectivity index (χ4v) is 2.51. The van der Waals surface area contributed by atoms with Crippen molar-refractivity contribution in [2.24, 2.45) is 0 Å². The number of aryl methyl sites for hydroxylation is 1. The van der Waals surface area contributed by atoms with Gasteiger partial charge in [-0.2, -0.15) is 0 Å². The van der Waals surface area contributed by atoms with Crippen molar-refractivity contribution < 1.29 is 9.18 Å². The molecular formula is C17H17BrFNO. The van der Waals surface area contributed by atoms with Gasteiger partial charge >= 0.3 is 0 Å². The van der Waals surface area contributed by atoms with Crippen LogP contribution < -0.4 is 0 Å². The maximum atomic E-state index is 13.3. The molecule has 0 fully saturated rings. The molecule has 0 saturated carbocycles. The minimum atomic E-state index is -0.367. The van der Waals surface area contributed by atoms with Crippen LogP contribution in [0.25, 0.3) is 0 Å². The van der Waals surface area contributed by atoms with Crippen LogP contribution in [0.4, 0.5) is 4.39 Å². The van der Waals surface area contributed by atoms with Crippen LogP contribution in [0.3, 0.4) is 0 Å². The summed E-state index contributed by atoms with van der Waals surface area (Å²) >= 11 is 3.12. The molecule has 0 aliphatic carbocycles. The monoisotopic (exact) mass is 349 g/mol. The Morgan fingerprint density at radius 1 is 1.24 bits per heavy atom. The predicted molar refractivity (Wildman–Crippen MR) is 85.7 cm³/mol. The molecule has 2 aromatic carbocycles. The zero-order chi connectivity index (χ0) is 15.4. The van der Waals surface area contributed by atoms with E-state index in [1.165, 1.54) is 18.2 Å². The fourth-order valence-electron chi connectivity index (χ4n) is 2.13. The highest BCUT2D eigenvalue weighted by molar-refractivity contribution is 9.10. The van der Waals surface area contributed by atoms with E-state index in [4.69, 9.17) is 0 Å². The Bertz CT molecular complexity index is 657. The van der Waals surface area contributed by atoms with Gasteiger partial charge < -0.3 is 4.90 Å². The SMILES string of the molecule is CCN(Cc1ccccc1C)C(=O)c1ccc(F)c(Br)c1. The Morgan fingerprint density at radius 2 is 1.95 bits per heavy atom. The van der Waals surface area contributed by atoms with Gasteiger partial charge in [0.1, 0.15) is 5.82 Å². The molecule has 2 rings (SSSR count). The summed E-state index contributed by atoms with van der Waals surface area (Å²) < 4.78 is 13.6. The minimum Gasteiger partial charge on any atom is -0.335 e. The molecule has 0 atom stereocenters. The van der Waals surface area contributed by atoms with Crippen molar-refractivity contribution >= 4 is 21.8 Å². The summed E-state index contributed by atoms with van der Waals surface area (Å²) in [6.45, 7) is 5.12. The van der Waals surface area contributed by atoms with Gasteiger partial charge in [-0.05, 0) is 59.1 Å². The molecule has 0 aromatic heterocycles. The summed E-state index contributed by atoms with van der Waals surface area (Å²) in [5.41, 5.74) is 2.76. The van der Waals surface area contributed by atoms with Crippen LogP contribution in [0.15, 0.2) is 46.9 Å². The topological polar surface area (TPSA) is 20.3 Å². The molecule has 1 amide bonds. The molecule has 2 nitrogen and oxygen atoms in total. The van der Waals surface area contributed by atoms with E-state index in [2.05, 4.69) is 15.9 Å². The number of carbonyl (C=O) groups is 1. The van der Waals surface area contributed by atoms with Crippen molar-refractivity contribution in [3.05, 3.63) is 69.4 Å². The molecule has 21 heavy (non-hydrogen) atoms. The fraction of sp³-hybridized carbons (Fsp3) is 0.235. The van der Waals surface area contributed by atoms with Crippen molar-refractivity contribution in [1.82, 2.24) is 4.90 Å². The van der Waals surface area contributed by atoms with Crippen LogP contribution in [0.2, 0.25) is 0 Å². The highest BCUT2D eigenvalue weighted by atomic mass is 79.9. The lowest BCUT2D eigenvalue weighted by Crippen LogP contribution is -2.30. The van der Waals surface area contributed by atoms with Gasteiger partial charge in [-0.1, -0.05) is 24.3 Å². The average Bonchev–Trinajstić information content (AvgIpc) is 2.48. The molecule has 0 N–H and O–H groups in total. The number of hydrogen-bond acceptors (Lipinski definition) is 1. The summed E-state index contributed by atoms with van der Waals surface area (Å²) in [6.07, 6.45) is 0.